The highest BCUT2D eigenvalue weighted by atomic mass is 31.2. The van der Waals surface area contributed by atoms with Crippen molar-refractivity contribution < 1.29 is 117 Å². The summed E-state index contributed by atoms with van der Waals surface area (Å²) in [5.41, 5.74) is 0. The Hall–Kier alpha value is -3.09. The predicted molar refractivity (Wildman–Crippen MR) is 358 cm³/mol. The maximum atomic E-state index is 13.6. The molecule has 26 nitrogen and oxygen atoms in total. The molecule has 0 bridgehead atoms. The molecule has 0 spiro atoms. The van der Waals surface area contributed by atoms with Gasteiger partial charge in [-0.2, -0.15) is 0 Å². The van der Waals surface area contributed by atoms with Crippen molar-refractivity contribution in [3.8, 4) is 0 Å². The molecule has 96 heavy (non-hydrogen) atoms. The van der Waals surface area contributed by atoms with Gasteiger partial charge in [0.25, 0.3) is 0 Å². The summed E-state index contributed by atoms with van der Waals surface area (Å²) in [6, 6.07) is 0. The Labute approximate surface area is 571 Å². The molecule has 3 fully saturated rings. The fourth-order valence-corrected chi connectivity index (χ4v) is 12.3. The van der Waals surface area contributed by atoms with Crippen molar-refractivity contribution in [3.63, 3.8) is 0 Å². The molecule has 3 saturated heterocycles. The largest absolute Gasteiger partial charge is 0.461 e. The van der Waals surface area contributed by atoms with Crippen LogP contribution in [-0.4, -0.2) is 227 Å². The monoisotopic (exact) mass is 1400 g/mol. The van der Waals surface area contributed by atoms with Gasteiger partial charge in [-0.3, -0.25) is 23.7 Å². The molecule has 0 aromatic carbocycles. The average molecular weight is 1400 g/mol. The van der Waals surface area contributed by atoms with Gasteiger partial charge < -0.3 is 104 Å². The molecule has 3 heterocycles. The lowest BCUT2D eigenvalue weighted by Gasteiger charge is -2.48. The first-order valence-corrected chi connectivity index (χ1v) is 38.2. The number of aliphatic hydroxyl groups is 9. The second-order valence-corrected chi connectivity index (χ2v) is 27.9. The zero-order valence-corrected chi connectivity index (χ0v) is 59.2. The molecule has 0 aromatic heterocycles. The van der Waals surface area contributed by atoms with Crippen LogP contribution < -0.4 is 10.6 Å². The van der Waals surface area contributed by atoms with Gasteiger partial charge >= 0.3 is 19.5 Å². The molecule has 0 saturated carbocycles. The minimum atomic E-state index is -3.77. The van der Waals surface area contributed by atoms with Crippen LogP contribution in [0.1, 0.15) is 227 Å². The van der Waals surface area contributed by atoms with Gasteiger partial charge in [-0.15, -0.1) is 0 Å². The Balaban J connectivity index is 1.46. The number of esters is 2. The normalized spacial score (nSPS) is 27.5. The standard InChI is InChI=1S/C69H125N2O24P/c1-6-9-12-15-17-19-20-21-22-23-24-25-27-29-32-40-56(76)91-51(47-87-66(84)50(36-30-14-11-8-3)37-31-28-26-18-16-13-10-7-2)48-89-96(5,85)88-44-42-71-55(75)39-34-33-38-54(74)70-41-35-43-86-69-65(95-67-62(82)60(80)57(77)49(4)90-67)64(59(79)53(46-73)93-69)94-68-63(83)61(81)58(78)52(45-72)92-68/h21-22,31,37,49-53,57-65,67-69,72-73,77-83H,6-20,23-30,32-36,38-48H2,1-5H3,(H,70,74)(H,71,75)/t49?,50?,51-,52?,53?,57+,58+,59+,60-,61+,62?,63?,64+,65?,67+,68+,69-,96?/m1/s1. The number of nitrogens with one attached hydrogen (secondary N) is 2. The highest BCUT2D eigenvalue weighted by molar-refractivity contribution is 7.52. The molecule has 11 N–H and O–H groups in total. The summed E-state index contributed by atoms with van der Waals surface area (Å²) in [6.07, 6.45) is 11.2. The predicted octanol–water partition coefficient (Wildman–Crippen LogP) is 6.90. The van der Waals surface area contributed by atoms with E-state index in [9.17, 15) is 69.7 Å². The molecular formula is C69H125N2O24P. The fourth-order valence-electron chi connectivity index (χ4n) is 11.4. The number of ether oxygens (including phenoxy) is 8. The minimum Gasteiger partial charge on any atom is -0.461 e. The molecule has 3 rings (SSSR count). The first kappa shape index (κ1) is 87.1. The third-order valence-corrected chi connectivity index (χ3v) is 18.7. The van der Waals surface area contributed by atoms with Crippen LogP contribution in [0.4, 0.5) is 0 Å². The van der Waals surface area contributed by atoms with Crippen LogP contribution in [-0.2, 0) is 70.7 Å². The molecule has 8 unspecified atom stereocenters. The van der Waals surface area contributed by atoms with Crippen LogP contribution in [0.25, 0.3) is 0 Å². The number of rotatable bonds is 55. The lowest BCUT2D eigenvalue weighted by atomic mass is 9.96. The Morgan fingerprint density at radius 3 is 1.58 bits per heavy atom. The number of aliphatic hydroxyl groups excluding tert-OH is 9. The maximum absolute atomic E-state index is 13.6. The van der Waals surface area contributed by atoms with Gasteiger partial charge in [0.05, 0.1) is 45.1 Å². The van der Waals surface area contributed by atoms with Gasteiger partial charge in [0.1, 0.15) is 73.8 Å². The number of allylic oxidation sites excluding steroid dienone is 3. The summed E-state index contributed by atoms with van der Waals surface area (Å²) in [4.78, 5) is 52.4. The Morgan fingerprint density at radius 2 is 0.990 bits per heavy atom. The van der Waals surface area contributed by atoms with Crippen molar-refractivity contribution in [1.82, 2.24) is 10.6 Å². The lowest BCUT2D eigenvalue weighted by molar-refractivity contribution is -0.390. The molecule has 2 amide bonds. The van der Waals surface area contributed by atoms with Gasteiger partial charge in [0.2, 0.25) is 11.8 Å². The molecule has 3 aliphatic heterocycles. The first-order valence-electron chi connectivity index (χ1n) is 36.2. The van der Waals surface area contributed by atoms with Crippen molar-refractivity contribution in [2.45, 2.75) is 325 Å². The number of hydrogen-bond donors (Lipinski definition) is 11. The van der Waals surface area contributed by atoms with E-state index < -0.39 is 137 Å². The fraction of sp³-hybridized carbons (Fsp3) is 0.884. The summed E-state index contributed by atoms with van der Waals surface area (Å²) in [7, 11) is -3.77. The van der Waals surface area contributed by atoms with Gasteiger partial charge in [-0.25, -0.2) is 0 Å². The highest BCUT2D eigenvalue weighted by Gasteiger charge is 2.54. The zero-order chi connectivity index (χ0) is 70.5. The third-order valence-electron chi connectivity index (χ3n) is 17.4. The lowest BCUT2D eigenvalue weighted by Crippen LogP contribution is -2.67. The van der Waals surface area contributed by atoms with Crippen molar-refractivity contribution in [2.24, 2.45) is 5.92 Å². The Morgan fingerprint density at radius 1 is 0.500 bits per heavy atom. The third kappa shape index (κ3) is 35.5. The van der Waals surface area contributed by atoms with E-state index in [-0.39, 0.29) is 77.0 Å². The minimum absolute atomic E-state index is 0.00467. The van der Waals surface area contributed by atoms with Crippen molar-refractivity contribution in [2.75, 3.05) is 59.4 Å². The molecular weight excluding hydrogens is 1270 g/mol. The second-order valence-electron chi connectivity index (χ2n) is 25.8. The molecule has 560 valence electrons. The quantitative estimate of drug-likeness (QED) is 0.0128. The van der Waals surface area contributed by atoms with Crippen LogP contribution in [0.2, 0.25) is 0 Å². The van der Waals surface area contributed by atoms with E-state index in [0.29, 0.717) is 25.7 Å². The number of unbranched alkanes of at least 4 members (excludes halogenated alkanes) is 21. The van der Waals surface area contributed by atoms with E-state index in [0.717, 1.165) is 83.5 Å². The number of carbonyl (C=O) groups is 4. The van der Waals surface area contributed by atoms with Crippen LogP contribution in [0.5, 0.6) is 0 Å². The zero-order valence-electron chi connectivity index (χ0n) is 58.3. The van der Waals surface area contributed by atoms with Gasteiger partial charge in [0, 0.05) is 39.0 Å². The molecule has 3 aliphatic rings. The van der Waals surface area contributed by atoms with Gasteiger partial charge in [-0.05, 0) is 77.6 Å². The van der Waals surface area contributed by atoms with Gasteiger partial charge in [0.15, 0.2) is 25.0 Å². The summed E-state index contributed by atoms with van der Waals surface area (Å²) in [6.45, 7) is 6.77. The Bertz CT molecular complexity index is 2170. The van der Waals surface area contributed by atoms with Crippen LogP contribution >= 0.6 is 7.60 Å². The second kappa shape index (κ2) is 52.0. The average Bonchev–Trinajstić information content (AvgIpc) is 0.779. The van der Waals surface area contributed by atoms with Gasteiger partial charge in [-0.1, -0.05) is 154 Å². The number of hydrogen-bond acceptors (Lipinski definition) is 24. The maximum Gasteiger partial charge on any atom is 0.327 e. The molecule has 18 atom stereocenters. The van der Waals surface area contributed by atoms with Crippen LogP contribution in [0.3, 0.4) is 0 Å². The van der Waals surface area contributed by atoms with Crippen LogP contribution in [0.15, 0.2) is 24.3 Å². The molecule has 0 radical (unpaired) electrons. The Kier molecular flexibility index (Phi) is 47.2. The van der Waals surface area contributed by atoms with Crippen molar-refractivity contribution in [3.05, 3.63) is 24.3 Å². The van der Waals surface area contributed by atoms with E-state index in [1.807, 2.05) is 6.08 Å². The number of carbonyl (C=O) groups excluding carboxylic acids is 4. The van der Waals surface area contributed by atoms with E-state index in [1.165, 1.54) is 77.8 Å². The summed E-state index contributed by atoms with van der Waals surface area (Å²) in [5, 5.41) is 99.8. The van der Waals surface area contributed by atoms with Crippen molar-refractivity contribution in [1.29, 1.82) is 0 Å². The molecule has 0 aliphatic carbocycles. The summed E-state index contributed by atoms with van der Waals surface area (Å²) in [5.74, 6) is -2.01. The molecule has 0 aromatic rings. The smallest absolute Gasteiger partial charge is 0.327 e. The highest BCUT2D eigenvalue weighted by Crippen LogP contribution is 2.44. The van der Waals surface area contributed by atoms with E-state index in [1.54, 1.807) is 0 Å². The first-order chi connectivity index (χ1) is 46.2. The molecule has 27 heteroatoms. The topological polar surface area (TPSA) is 384 Å². The van der Waals surface area contributed by atoms with Crippen molar-refractivity contribution >= 4 is 31.3 Å². The summed E-state index contributed by atoms with van der Waals surface area (Å²) >= 11 is 0. The summed E-state index contributed by atoms with van der Waals surface area (Å²) < 4.78 is 71.2. The number of amides is 2. The van der Waals surface area contributed by atoms with E-state index in [4.69, 9.17) is 46.9 Å². The SMILES string of the molecule is CCCCCCCCC=CCCCCCCCC(=O)O[C@H](COC(=O)C(C=CCCCCCCCC)CCCCCC)COP(C)(=O)OCCNC(=O)CCCCC(=O)NCCCO[C@@H]1OC(CO)[C@H](O)[C@H](O[C@@H]2OC(CO)[C@H](O)[C@H](O)C2O)C1O[C@@H]1OC(C)[C@H](O)[C@@H](O)C1O. The van der Waals surface area contributed by atoms with E-state index >= 15 is 0 Å². The van der Waals surface area contributed by atoms with Crippen LogP contribution in [0, 0.1) is 5.92 Å². The van der Waals surface area contributed by atoms with E-state index in [2.05, 4.69) is 49.6 Å².